The summed E-state index contributed by atoms with van der Waals surface area (Å²) in [5, 5.41) is 15.4. The van der Waals surface area contributed by atoms with Crippen LogP contribution in [-0.2, 0) is 0 Å². The van der Waals surface area contributed by atoms with Gasteiger partial charge in [0.1, 0.15) is 0 Å². The van der Waals surface area contributed by atoms with Gasteiger partial charge in [0.15, 0.2) is 0 Å². The van der Waals surface area contributed by atoms with Crippen molar-refractivity contribution in [2.24, 2.45) is 0 Å². The Bertz CT molecular complexity index is 6000. The van der Waals surface area contributed by atoms with Gasteiger partial charge in [0, 0.05) is 0 Å². The minimum atomic E-state index is 1.21. The minimum absolute atomic E-state index is 1.21. The summed E-state index contributed by atoms with van der Waals surface area (Å²) in [7, 11) is 0. The molecule has 508 valence electrons. The summed E-state index contributed by atoms with van der Waals surface area (Å²) in [5.74, 6) is 0. The Labute approximate surface area is 624 Å². The minimum Gasteiger partial charge on any atom is -0.0622 e. The van der Waals surface area contributed by atoms with Gasteiger partial charge in [-0.15, -0.1) is 0 Å². The third kappa shape index (κ3) is 12.2. The average molecular weight is 1360 g/mol. The maximum Gasteiger partial charge on any atom is -0.000139 e. The van der Waals surface area contributed by atoms with Crippen molar-refractivity contribution in [2.75, 3.05) is 0 Å². The fraction of sp³-hybridized carbons (Fsp3) is 0.0943. The van der Waals surface area contributed by atoms with Crippen molar-refractivity contribution in [1.29, 1.82) is 0 Å². The Balaban J connectivity index is 0.000000159. The fourth-order valence-electron chi connectivity index (χ4n) is 16.5. The van der Waals surface area contributed by atoms with Crippen LogP contribution in [-0.4, -0.2) is 0 Å². The van der Waals surface area contributed by atoms with Gasteiger partial charge >= 0.3 is 0 Å². The zero-order valence-corrected chi connectivity index (χ0v) is 62.2. The molecule has 0 atom stereocenters. The Morgan fingerprint density at radius 3 is 0.443 bits per heavy atom. The van der Waals surface area contributed by atoms with E-state index in [0.29, 0.717) is 0 Å². The number of hydrogen-bond acceptors (Lipinski definition) is 0. The molecule has 0 fully saturated rings. The highest BCUT2D eigenvalue weighted by atomic mass is 14.3. The van der Waals surface area contributed by atoms with E-state index in [-0.39, 0.29) is 0 Å². The molecule has 0 spiro atoms. The zero-order valence-electron chi connectivity index (χ0n) is 62.2. The first-order valence-electron chi connectivity index (χ1n) is 37.3. The largest absolute Gasteiger partial charge is 0.0622 e. The maximum atomic E-state index is 2.42. The lowest BCUT2D eigenvalue weighted by molar-refractivity contribution is 1.46. The lowest BCUT2D eigenvalue weighted by Crippen LogP contribution is -1.98. The van der Waals surface area contributed by atoms with Crippen molar-refractivity contribution < 1.29 is 0 Å². The second-order valence-electron chi connectivity index (χ2n) is 29.8. The molecule has 18 rings (SSSR count). The van der Waals surface area contributed by atoms with Gasteiger partial charge in [-0.25, -0.2) is 0 Å². The number of rotatable bonds is 10. The summed E-state index contributed by atoms with van der Waals surface area (Å²) >= 11 is 0. The van der Waals surface area contributed by atoms with Crippen LogP contribution in [0, 0.1) is 69.2 Å². The van der Waals surface area contributed by atoms with E-state index < -0.39 is 0 Å². The molecule has 0 aliphatic heterocycles. The summed E-state index contributed by atoms with van der Waals surface area (Å²) in [5.41, 5.74) is 37.5. The molecule has 0 saturated carbocycles. The second kappa shape index (κ2) is 27.6. The molecule has 0 aromatic heterocycles. The summed E-state index contributed by atoms with van der Waals surface area (Å²) in [6.07, 6.45) is 0. The van der Waals surface area contributed by atoms with Crippen LogP contribution in [0.15, 0.2) is 328 Å². The van der Waals surface area contributed by atoms with Crippen LogP contribution in [0.25, 0.3) is 176 Å². The van der Waals surface area contributed by atoms with Crippen LogP contribution in [0.3, 0.4) is 0 Å². The van der Waals surface area contributed by atoms with Crippen LogP contribution in [0.2, 0.25) is 0 Å². The third-order valence-corrected chi connectivity index (χ3v) is 22.0. The van der Waals surface area contributed by atoms with E-state index in [9.17, 15) is 0 Å². The van der Waals surface area contributed by atoms with Crippen molar-refractivity contribution in [3.8, 4) is 111 Å². The average Bonchev–Trinajstić information content (AvgIpc) is 0.702. The molecule has 0 nitrogen and oxygen atoms in total. The molecule has 0 N–H and O–H groups in total. The van der Waals surface area contributed by atoms with E-state index in [1.54, 1.807) is 0 Å². The molecule has 0 bridgehead atoms. The number of benzene rings is 18. The quantitative estimate of drug-likeness (QED) is 0.120. The molecule has 106 heavy (non-hydrogen) atoms. The Hall–Kier alpha value is -12.5. The van der Waals surface area contributed by atoms with E-state index in [1.165, 1.54) is 232 Å². The summed E-state index contributed by atoms with van der Waals surface area (Å²) in [6.45, 7) is 21.9. The van der Waals surface area contributed by atoms with Gasteiger partial charge in [-0.2, -0.15) is 0 Å². The van der Waals surface area contributed by atoms with Crippen molar-refractivity contribution in [3.63, 3.8) is 0 Å². The number of aryl methyl sites for hydroxylation is 10. The standard InChI is InChI=1S/C58H44.C48H40/c1-37-15-21-45(22-16-37)53-49-33-19-39(3)35-51(49)56(48-31-27-44(28-32-48)42-13-9-6-10-14-42)58-54(46-23-17-38(2)18-24-46)50-34-20-40(4)36-52(50)55(57(53)58)47-29-25-43(26-30-47)41-11-7-5-8-12-41;1-29-7-17-35(18-8-29)43-39-25-15-33(5)27-41(39)46(38-23-13-32(4)14-24-38)48-44(36-19-9-30(2)10-20-36)40-26-16-34(6)28-42(40)45(47(43)48)37-21-11-31(3)12-22-37/h5-36H,1-4H3;7-28H,1-6H3. The first kappa shape index (κ1) is 66.7. The Kier molecular flexibility index (Phi) is 17.4. The number of fused-ring (bicyclic) bond motifs is 6. The van der Waals surface area contributed by atoms with E-state index in [4.69, 9.17) is 0 Å². The van der Waals surface area contributed by atoms with Crippen LogP contribution in [0.5, 0.6) is 0 Å². The predicted molar refractivity (Wildman–Crippen MR) is 460 cm³/mol. The van der Waals surface area contributed by atoms with Gasteiger partial charge in [0.2, 0.25) is 0 Å². The highest BCUT2D eigenvalue weighted by Gasteiger charge is 2.29. The Morgan fingerprint density at radius 1 is 0.113 bits per heavy atom. The lowest BCUT2D eigenvalue weighted by Gasteiger charge is -2.26. The molecular weight excluding hydrogens is 1270 g/mol. The molecule has 0 unspecified atom stereocenters. The summed E-state index contributed by atoms with van der Waals surface area (Å²) < 4.78 is 0. The monoisotopic (exact) mass is 1360 g/mol. The van der Waals surface area contributed by atoms with Crippen molar-refractivity contribution >= 4 is 64.6 Å². The van der Waals surface area contributed by atoms with Crippen molar-refractivity contribution in [3.05, 3.63) is 383 Å². The highest BCUT2D eigenvalue weighted by molar-refractivity contribution is 6.36. The van der Waals surface area contributed by atoms with Crippen molar-refractivity contribution in [2.45, 2.75) is 69.2 Å². The summed E-state index contributed by atoms with van der Waals surface area (Å²) in [6, 6.07) is 123. The normalized spacial score (nSPS) is 11.5. The van der Waals surface area contributed by atoms with E-state index in [2.05, 4.69) is 397 Å². The molecule has 0 radical (unpaired) electrons. The van der Waals surface area contributed by atoms with Gasteiger partial charge in [-0.05, 0) is 245 Å². The first-order chi connectivity index (χ1) is 51.7. The molecule has 0 heterocycles. The van der Waals surface area contributed by atoms with E-state index in [1.807, 2.05) is 0 Å². The molecule has 0 heteroatoms. The van der Waals surface area contributed by atoms with Crippen LogP contribution >= 0.6 is 0 Å². The smallest absolute Gasteiger partial charge is 0.000139 e. The molecule has 0 saturated heterocycles. The van der Waals surface area contributed by atoms with Gasteiger partial charge in [-0.1, -0.05) is 383 Å². The third-order valence-electron chi connectivity index (χ3n) is 22.0. The zero-order chi connectivity index (χ0) is 72.4. The summed E-state index contributed by atoms with van der Waals surface area (Å²) in [4.78, 5) is 0. The van der Waals surface area contributed by atoms with Crippen LogP contribution in [0.1, 0.15) is 55.6 Å². The SMILES string of the molecule is Cc1ccc(-c2c3ccc(C)cc3c(-c3ccc(-c4ccccc4)cc3)c3c(-c4ccc(C)cc4)c4ccc(C)cc4c(-c4ccc(-c5ccccc5)cc4)c23)cc1.Cc1ccc(-c2c3ccc(C)cc3c(-c3ccc(C)cc3)c3c(-c4ccc(C)cc4)c4ccc(C)cc4c(-c4ccc(C)cc4)c23)cc1. The number of hydrogen-bond donors (Lipinski definition) is 0. The van der Waals surface area contributed by atoms with Crippen LogP contribution < -0.4 is 0 Å². The molecular formula is C106H84. The Morgan fingerprint density at radius 2 is 0.255 bits per heavy atom. The molecule has 18 aromatic carbocycles. The van der Waals surface area contributed by atoms with Gasteiger partial charge in [-0.3, -0.25) is 0 Å². The fourth-order valence-corrected chi connectivity index (χ4v) is 16.5. The van der Waals surface area contributed by atoms with Crippen LogP contribution in [0.4, 0.5) is 0 Å². The van der Waals surface area contributed by atoms with Gasteiger partial charge in [0.25, 0.3) is 0 Å². The predicted octanol–water partition coefficient (Wildman–Crippen LogP) is 30.0. The highest BCUT2D eigenvalue weighted by Crippen LogP contribution is 2.57. The van der Waals surface area contributed by atoms with E-state index in [0.717, 1.165) is 0 Å². The lowest BCUT2D eigenvalue weighted by atomic mass is 9.77. The first-order valence-corrected chi connectivity index (χ1v) is 37.3. The second-order valence-corrected chi connectivity index (χ2v) is 29.8. The topological polar surface area (TPSA) is 0 Å². The maximum absolute atomic E-state index is 2.42. The molecule has 0 aliphatic carbocycles. The van der Waals surface area contributed by atoms with Crippen molar-refractivity contribution in [1.82, 2.24) is 0 Å². The van der Waals surface area contributed by atoms with Gasteiger partial charge in [0.05, 0.1) is 0 Å². The molecule has 18 aromatic rings. The molecule has 0 aliphatic rings. The van der Waals surface area contributed by atoms with E-state index >= 15 is 0 Å². The molecule has 0 amide bonds. The van der Waals surface area contributed by atoms with Gasteiger partial charge < -0.3 is 0 Å².